The van der Waals surface area contributed by atoms with Crippen molar-refractivity contribution in [2.75, 3.05) is 5.32 Å². The Hall–Kier alpha value is -1.96. The molecular weight excluding hydrogens is 350 g/mol. The Morgan fingerprint density at radius 3 is 2.87 bits per heavy atom. The molecule has 0 aliphatic carbocycles. The molecule has 0 aliphatic heterocycles. The molecule has 3 rings (SSSR count). The van der Waals surface area contributed by atoms with Crippen LogP contribution in [0.4, 0.5) is 5.69 Å². The number of hydrazone groups is 1. The summed E-state index contributed by atoms with van der Waals surface area (Å²) in [6, 6.07) is 6.07. The van der Waals surface area contributed by atoms with E-state index >= 15 is 0 Å². The first-order valence-electron chi connectivity index (χ1n) is 6.83. The maximum atomic E-state index is 6.10. The molecular formula is C15H14ClN5S2. The van der Waals surface area contributed by atoms with Gasteiger partial charge in [-0.2, -0.15) is 5.10 Å². The first-order chi connectivity index (χ1) is 11.1. The zero-order valence-corrected chi connectivity index (χ0v) is 14.9. The molecule has 0 radical (unpaired) electrons. The van der Waals surface area contributed by atoms with Gasteiger partial charge < -0.3 is 5.32 Å². The third-order valence-corrected chi connectivity index (χ3v) is 4.55. The van der Waals surface area contributed by atoms with Crippen molar-refractivity contribution in [1.82, 2.24) is 14.8 Å². The van der Waals surface area contributed by atoms with Crippen LogP contribution in [0.1, 0.15) is 16.8 Å². The Labute approximate surface area is 148 Å². The third kappa shape index (κ3) is 3.36. The van der Waals surface area contributed by atoms with Crippen molar-refractivity contribution in [3.63, 3.8) is 0 Å². The highest BCUT2D eigenvalue weighted by Crippen LogP contribution is 2.20. The number of anilines is 1. The number of hydrogen-bond acceptors (Lipinski definition) is 4. The van der Waals surface area contributed by atoms with Crippen molar-refractivity contribution in [3.05, 3.63) is 51.7 Å². The van der Waals surface area contributed by atoms with Gasteiger partial charge in [-0.3, -0.25) is 9.83 Å². The molecule has 0 spiro atoms. The number of imidazole rings is 1. The molecule has 8 heteroatoms. The van der Waals surface area contributed by atoms with Gasteiger partial charge in [0.25, 0.3) is 0 Å². The van der Waals surface area contributed by atoms with Crippen LogP contribution >= 0.6 is 35.2 Å². The average Bonchev–Trinajstić information content (AvgIpc) is 3.05. The zero-order chi connectivity index (χ0) is 16.4. The van der Waals surface area contributed by atoms with Gasteiger partial charge in [0.1, 0.15) is 5.69 Å². The Morgan fingerprint density at radius 2 is 2.13 bits per heavy atom. The van der Waals surface area contributed by atoms with E-state index in [1.165, 1.54) is 11.3 Å². The van der Waals surface area contributed by atoms with Crippen LogP contribution in [-0.4, -0.2) is 20.7 Å². The van der Waals surface area contributed by atoms with Crippen molar-refractivity contribution in [2.45, 2.75) is 13.8 Å². The van der Waals surface area contributed by atoms with Crippen molar-refractivity contribution < 1.29 is 0 Å². The molecule has 118 valence electrons. The highest BCUT2D eigenvalue weighted by molar-refractivity contribution is 7.80. The molecule has 2 aromatic heterocycles. The number of nitrogens with zero attached hydrogens (tertiary/aromatic N) is 3. The number of fused-ring (bicyclic) bond motifs is 1. The lowest BCUT2D eigenvalue weighted by Gasteiger charge is -2.12. The lowest BCUT2D eigenvalue weighted by molar-refractivity contribution is 1.04. The van der Waals surface area contributed by atoms with E-state index in [2.05, 4.69) is 20.8 Å². The predicted molar refractivity (Wildman–Crippen MR) is 101 cm³/mol. The average molecular weight is 364 g/mol. The number of thiazole rings is 1. The number of aryl methyl sites for hydroxylation is 2. The Morgan fingerprint density at radius 1 is 1.39 bits per heavy atom. The van der Waals surface area contributed by atoms with E-state index in [0.717, 1.165) is 21.8 Å². The predicted octanol–water partition coefficient (Wildman–Crippen LogP) is 3.99. The molecule has 0 saturated carbocycles. The van der Waals surface area contributed by atoms with E-state index < -0.39 is 0 Å². The lowest BCUT2D eigenvalue weighted by Crippen LogP contribution is -2.24. The summed E-state index contributed by atoms with van der Waals surface area (Å²) in [5, 5.41) is 10.1. The number of thiocarbonyl (C=S) groups is 1. The highest BCUT2D eigenvalue weighted by atomic mass is 35.5. The van der Waals surface area contributed by atoms with Gasteiger partial charge in [-0.05, 0) is 37.2 Å². The maximum Gasteiger partial charge on any atom is 0.195 e. The molecule has 3 aromatic rings. The molecule has 0 atom stereocenters. The van der Waals surface area contributed by atoms with Crippen LogP contribution < -0.4 is 10.7 Å². The first-order valence-corrected chi connectivity index (χ1v) is 8.50. The fourth-order valence-corrected chi connectivity index (χ4v) is 3.34. The molecule has 2 N–H and O–H groups in total. The van der Waals surface area contributed by atoms with E-state index in [0.29, 0.717) is 16.0 Å². The first kappa shape index (κ1) is 15.9. The van der Waals surface area contributed by atoms with Crippen LogP contribution in [-0.2, 0) is 0 Å². The fourth-order valence-electron chi connectivity index (χ4n) is 2.20. The smallest absolute Gasteiger partial charge is 0.195 e. The Bertz CT molecular complexity index is 876. The van der Waals surface area contributed by atoms with E-state index in [-0.39, 0.29) is 0 Å². The number of rotatable bonds is 3. The minimum Gasteiger partial charge on any atom is -0.331 e. The van der Waals surface area contributed by atoms with Gasteiger partial charge in [-0.15, -0.1) is 11.3 Å². The number of para-hydroxylation sites is 1. The van der Waals surface area contributed by atoms with E-state index in [4.69, 9.17) is 23.8 Å². The van der Waals surface area contributed by atoms with E-state index in [1.807, 2.05) is 48.0 Å². The second-order valence-corrected chi connectivity index (χ2v) is 6.57. The molecule has 2 heterocycles. The van der Waals surface area contributed by atoms with Gasteiger partial charge in [0.2, 0.25) is 0 Å². The summed E-state index contributed by atoms with van der Waals surface area (Å²) in [7, 11) is 0. The molecule has 0 unspecified atom stereocenters. The molecule has 0 fully saturated rings. The number of aromatic nitrogens is 2. The van der Waals surface area contributed by atoms with Crippen LogP contribution in [0.3, 0.4) is 0 Å². The summed E-state index contributed by atoms with van der Waals surface area (Å²) >= 11 is 12.9. The summed E-state index contributed by atoms with van der Waals surface area (Å²) in [6.45, 7) is 4.06. The second-order valence-electron chi connectivity index (χ2n) is 4.93. The SMILES string of the molecule is Cc1cccc(C)c1NC(=S)N/N=C/c1c(Cl)nc2sccn12. The monoisotopic (exact) mass is 363 g/mol. The number of benzene rings is 1. The molecule has 0 saturated heterocycles. The molecule has 0 aliphatic rings. The summed E-state index contributed by atoms with van der Waals surface area (Å²) in [5.41, 5.74) is 6.75. The summed E-state index contributed by atoms with van der Waals surface area (Å²) in [6.07, 6.45) is 3.50. The maximum absolute atomic E-state index is 6.10. The standard InChI is InChI=1S/C15H14ClN5S2/c1-9-4-3-5-10(2)12(9)18-14(22)20-17-8-11-13(16)19-15-21(11)6-7-23-15/h3-8H,1-2H3,(H2,18,20,22)/b17-8+. The van der Waals surface area contributed by atoms with Crippen molar-refractivity contribution >= 4 is 57.1 Å². The number of nitrogens with one attached hydrogen (secondary N) is 2. The molecule has 1 aromatic carbocycles. The van der Waals surface area contributed by atoms with E-state index in [9.17, 15) is 0 Å². The van der Waals surface area contributed by atoms with Crippen molar-refractivity contribution in [2.24, 2.45) is 5.10 Å². The minimum absolute atomic E-state index is 0.413. The summed E-state index contributed by atoms with van der Waals surface area (Å²) in [4.78, 5) is 5.07. The van der Waals surface area contributed by atoms with Gasteiger partial charge in [-0.25, -0.2) is 4.98 Å². The lowest BCUT2D eigenvalue weighted by atomic mass is 10.1. The van der Waals surface area contributed by atoms with Gasteiger partial charge in [0.05, 0.1) is 6.21 Å². The quantitative estimate of drug-likeness (QED) is 0.420. The van der Waals surface area contributed by atoms with Gasteiger partial charge >= 0.3 is 0 Å². The number of hydrogen-bond donors (Lipinski definition) is 2. The second kappa shape index (κ2) is 6.66. The Kier molecular flexibility index (Phi) is 4.61. The largest absolute Gasteiger partial charge is 0.331 e. The van der Waals surface area contributed by atoms with Gasteiger partial charge in [0.15, 0.2) is 15.2 Å². The molecule has 23 heavy (non-hydrogen) atoms. The van der Waals surface area contributed by atoms with Crippen LogP contribution in [0.15, 0.2) is 34.9 Å². The molecule has 5 nitrogen and oxygen atoms in total. The van der Waals surface area contributed by atoms with Gasteiger partial charge in [-0.1, -0.05) is 29.8 Å². The van der Waals surface area contributed by atoms with Crippen LogP contribution in [0.2, 0.25) is 5.15 Å². The fraction of sp³-hybridized carbons (Fsp3) is 0.133. The van der Waals surface area contributed by atoms with Gasteiger partial charge in [0, 0.05) is 17.3 Å². The zero-order valence-electron chi connectivity index (χ0n) is 12.5. The van der Waals surface area contributed by atoms with E-state index in [1.54, 1.807) is 6.21 Å². The van der Waals surface area contributed by atoms with Crippen LogP contribution in [0, 0.1) is 13.8 Å². The highest BCUT2D eigenvalue weighted by Gasteiger charge is 2.09. The van der Waals surface area contributed by atoms with Crippen LogP contribution in [0.5, 0.6) is 0 Å². The van der Waals surface area contributed by atoms with Crippen LogP contribution in [0.25, 0.3) is 4.96 Å². The summed E-state index contributed by atoms with van der Waals surface area (Å²) in [5.74, 6) is 0. The molecule has 0 bridgehead atoms. The van der Waals surface area contributed by atoms with Crippen molar-refractivity contribution in [3.8, 4) is 0 Å². The minimum atomic E-state index is 0.413. The van der Waals surface area contributed by atoms with Crippen molar-refractivity contribution in [1.29, 1.82) is 0 Å². The number of halogens is 1. The molecule has 0 amide bonds. The summed E-state index contributed by atoms with van der Waals surface area (Å²) < 4.78 is 1.88. The Balaban J connectivity index is 1.69. The topological polar surface area (TPSA) is 53.7 Å². The normalized spacial score (nSPS) is 11.3. The third-order valence-electron chi connectivity index (χ3n) is 3.33.